The predicted octanol–water partition coefficient (Wildman–Crippen LogP) is 2.49. The van der Waals surface area contributed by atoms with Gasteiger partial charge in [-0.2, -0.15) is 10.4 Å². The van der Waals surface area contributed by atoms with Crippen LogP contribution < -0.4 is 10.2 Å². The van der Waals surface area contributed by atoms with E-state index >= 15 is 0 Å². The quantitative estimate of drug-likeness (QED) is 0.645. The summed E-state index contributed by atoms with van der Waals surface area (Å²) in [6.07, 6.45) is 5.17. The summed E-state index contributed by atoms with van der Waals surface area (Å²) in [5, 5.41) is 18.8. The average Bonchev–Trinajstić information content (AvgIpc) is 3.22. The molecule has 2 fully saturated rings. The molecule has 2 saturated heterocycles. The van der Waals surface area contributed by atoms with E-state index in [2.05, 4.69) is 63.0 Å². The zero-order valence-electron chi connectivity index (χ0n) is 19.8. The summed E-state index contributed by atoms with van der Waals surface area (Å²) in [7, 11) is 0. The van der Waals surface area contributed by atoms with E-state index in [0.29, 0.717) is 17.6 Å². The minimum atomic E-state index is 0.140. The molecule has 6 rings (SSSR count). The van der Waals surface area contributed by atoms with Gasteiger partial charge in [-0.25, -0.2) is 0 Å². The van der Waals surface area contributed by atoms with E-state index in [1.807, 2.05) is 12.1 Å². The average molecular weight is 458 g/mol. The van der Waals surface area contributed by atoms with Crippen LogP contribution in [0.5, 0.6) is 0 Å². The Hall–Kier alpha value is -2.99. The molecule has 2 aromatic heterocycles. The highest BCUT2D eigenvalue weighted by Gasteiger charge is 2.35. The number of anilines is 1. The van der Waals surface area contributed by atoms with Crippen LogP contribution in [-0.2, 0) is 17.7 Å². The highest BCUT2D eigenvalue weighted by Crippen LogP contribution is 2.31. The number of likely N-dealkylation sites (tertiary alicyclic amines) is 1. The normalized spacial score (nSPS) is 25.7. The van der Waals surface area contributed by atoms with Crippen molar-refractivity contribution < 1.29 is 4.74 Å². The van der Waals surface area contributed by atoms with Crippen LogP contribution in [0.25, 0.3) is 10.9 Å². The van der Waals surface area contributed by atoms with Gasteiger partial charge in [0, 0.05) is 62.6 Å². The second-order valence-corrected chi connectivity index (χ2v) is 10.0. The molecule has 0 bridgehead atoms. The predicted molar refractivity (Wildman–Crippen MR) is 131 cm³/mol. The van der Waals surface area contributed by atoms with Gasteiger partial charge >= 0.3 is 0 Å². The molecule has 1 aromatic carbocycles. The van der Waals surface area contributed by atoms with Gasteiger partial charge in [-0.05, 0) is 50.1 Å². The third kappa shape index (κ3) is 3.84. The first kappa shape index (κ1) is 21.5. The molecule has 3 aromatic rings. The third-order valence-corrected chi connectivity index (χ3v) is 7.41. The number of fused-ring (bicyclic) bond motifs is 2. The smallest absolute Gasteiger partial charge is 0.101 e. The van der Waals surface area contributed by atoms with E-state index in [0.717, 1.165) is 62.3 Å². The Bertz CT molecular complexity index is 1240. The lowest BCUT2D eigenvalue weighted by molar-refractivity contribution is -0.0492. The van der Waals surface area contributed by atoms with Gasteiger partial charge in [0.15, 0.2) is 0 Å². The van der Waals surface area contributed by atoms with Crippen molar-refractivity contribution in [2.24, 2.45) is 0 Å². The second kappa shape index (κ2) is 8.66. The Morgan fingerprint density at radius 3 is 2.91 bits per heavy atom. The van der Waals surface area contributed by atoms with Crippen LogP contribution in [0.15, 0.2) is 36.7 Å². The first-order chi connectivity index (χ1) is 16.6. The minimum Gasteiger partial charge on any atom is -0.370 e. The summed E-state index contributed by atoms with van der Waals surface area (Å²) < 4.78 is 8.59. The molecule has 34 heavy (non-hydrogen) atoms. The molecule has 0 aliphatic carbocycles. The Balaban J connectivity index is 1.13. The van der Waals surface area contributed by atoms with Gasteiger partial charge in [0.2, 0.25) is 0 Å². The topological polar surface area (TPSA) is 82.2 Å². The monoisotopic (exact) mass is 457 g/mol. The Morgan fingerprint density at radius 1 is 1.18 bits per heavy atom. The maximum Gasteiger partial charge on any atom is 0.101 e. The number of nitrogens with zero attached hydrogens (tertiary/aromatic N) is 6. The van der Waals surface area contributed by atoms with Gasteiger partial charge in [0.05, 0.1) is 41.2 Å². The van der Waals surface area contributed by atoms with Crippen LogP contribution in [0.2, 0.25) is 0 Å². The molecular formula is C26H31N7O. The van der Waals surface area contributed by atoms with Crippen LogP contribution in [0.3, 0.4) is 0 Å². The summed E-state index contributed by atoms with van der Waals surface area (Å²) in [5.41, 5.74) is 5.28. The number of morpholine rings is 1. The first-order valence-electron chi connectivity index (χ1n) is 12.3. The lowest BCUT2D eigenvalue weighted by Gasteiger charge is -2.45. The van der Waals surface area contributed by atoms with Gasteiger partial charge in [-0.15, -0.1) is 0 Å². The van der Waals surface area contributed by atoms with Crippen LogP contribution in [0.1, 0.15) is 36.7 Å². The Morgan fingerprint density at radius 2 is 2.06 bits per heavy atom. The van der Waals surface area contributed by atoms with Crippen LogP contribution in [-0.4, -0.2) is 70.6 Å². The van der Waals surface area contributed by atoms with Gasteiger partial charge in [0.1, 0.15) is 6.07 Å². The van der Waals surface area contributed by atoms with Gasteiger partial charge < -0.3 is 15.0 Å². The van der Waals surface area contributed by atoms with Crippen molar-refractivity contribution in [1.29, 1.82) is 5.26 Å². The molecule has 0 radical (unpaired) electrons. The van der Waals surface area contributed by atoms with E-state index in [4.69, 9.17) is 9.84 Å². The number of hydrogen-bond acceptors (Lipinski definition) is 7. The highest BCUT2D eigenvalue weighted by molar-refractivity contribution is 5.95. The van der Waals surface area contributed by atoms with E-state index < -0.39 is 0 Å². The fourth-order valence-corrected chi connectivity index (χ4v) is 5.78. The van der Waals surface area contributed by atoms with Crippen molar-refractivity contribution in [3.8, 4) is 6.07 Å². The number of ether oxygens (including phenoxy) is 1. The zero-order chi connectivity index (χ0) is 23.2. The fraction of sp³-hybridized carbons (Fsp3) is 0.500. The Labute approximate surface area is 200 Å². The number of aromatic nitrogens is 3. The molecule has 176 valence electrons. The summed E-state index contributed by atoms with van der Waals surface area (Å²) in [4.78, 5) is 9.37. The zero-order valence-corrected chi connectivity index (χ0v) is 19.8. The molecule has 0 saturated carbocycles. The molecule has 1 N–H and O–H groups in total. The maximum atomic E-state index is 9.48. The number of rotatable bonds is 4. The van der Waals surface area contributed by atoms with E-state index in [-0.39, 0.29) is 12.2 Å². The van der Waals surface area contributed by atoms with E-state index in [1.165, 1.54) is 11.3 Å². The van der Waals surface area contributed by atoms with Crippen molar-refractivity contribution in [2.45, 2.75) is 51.1 Å². The second-order valence-electron chi connectivity index (χ2n) is 10.0. The highest BCUT2D eigenvalue weighted by atomic mass is 16.5. The third-order valence-electron chi connectivity index (χ3n) is 7.41. The van der Waals surface area contributed by atoms with Crippen molar-refractivity contribution in [3.63, 3.8) is 0 Å². The molecule has 8 nitrogen and oxygen atoms in total. The lowest BCUT2D eigenvalue weighted by atomic mass is 10.0. The number of nitrogens with one attached hydrogen (secondary N) is 1. The van der Waals surface area contributed by atoms with Crippen molar-refractivity contribution in [1.82, 2.24) is 25.0 Å². The largest absolute Gasteiger partial charge is 0.370 e. The molecular weight excluding hydrogens is 426 g/mol. The van der Waals surface area contributed by atoms with Crippen LogP contribution >= 0.6 is 0 Å². The van der Waals surface area contributed by atoms with Crippen molar-refractivity contribution >= 4 is 16.6 Å². The van der Waals surface area contributed by atoms with Gasteiger partial charge in [-0.3, -0.25) is 14.6 Å². The number of benzene rings is 1. The van der Waals surface area contributed by atoms with Crippen LogP contribution in [0, 0.1) is 11.3 Å². The molecule has 0 amide bonds. The molecule has 3 aliphatic rings. The molecule has 0 unspecified atom stereocenters. The van der Waals surface area contributed by atoms with Gasteiger partial charge in [-0.1, -0.05) is 0 Å². The maximum absolute atomic E-state index is 9.48. The minimum absolute atomic E-state index is 0.140. The standard InChI is InChI=1S/C26H31N7O/c1-17-8-20-10-30-33(25(20)11-29-17)21-13-31(14-21)15-22-16-32(12-18(2)34-22)24-6-5-19(9-27)26-23(24)4-3-7-28-26/h3-7,10,17-18,21-22,29H,8,11-16H2,1-2H3/t17-,18-,22+/m1/s1. The Kier molecular flexibility index (Phi) is 5.48. The molecule has 3 aliphatic heterocycles. The molecule has 3 atom stereocenters. The number of pyridine rings is 1. The number of hydrogen-bond donors (Lipinski definition) is 1. The first-order valence-corrected chi connectivity index (χ1v) is 12.3. The molecule has 5 heterocycles. The van der Waals surface area contributed by atoms with Crippen molar-refractivity contribution in [2.75, 3.05) is 37.6 Å². The number of nitriles is 1. The summed E-state index contributed by atoms with van der Waals surface area (Å²) in [6, 6.07) is 11.2. The van der Waals surface area contributed by atoms with E-state index in [9.17, 15) is 5.26 Å². The van der Waals surface area contributed by atoms with Crippen LogP contribution in [0.4, 0.5) is 5.69 Å². The lowest BCUT2D eigenvalue weighted by Crippen LogP contribution is -2.56. The molecule has 0 spiro atoms. The SMILES string of the molecule is C[C@@H]1Cc2cnn(C3CN(C[C@H]4CN(c5ccc(C#N)c6ncccc56)C[C@@H](C)O4)C3)c2CN1. The van der Waals surface area contributed by atoms with E-state index in [1.54, 1.807) is 6.20 Å². The van der Waals surface area contributed by atoms with Gasteiger partial charge in [0.25, 0.3) is 0 Å². The summed E-state index contributed by atoms with van der Waals surface area (Å²) in [6.45, 7) is 9.91. The summed E-state index contributed by atoms with van der Waals surface area (Å²) in [5.74, 6) is 0. The van der Waals surface area contributed by atoms with Crippen molar-refractivity contribution in [3.05, 3.63) is 53.5 Å². The molecule has 8 heteroatoms. The fourth-order valence-electron chi connectivity index (χ4n) is 5.78. The summed E-state index contributed by atoms with van der Waals surface area (Å²) >= 11 is 0.